The third-order valence-corrected chi connectivity index (χ3v) is 1.04. The molecule has 1 aromatic rings. The highest BCUT2D eigenvalue weighted by Crippen LogP contribution is 1.88. The number of aliphatic hydroxyl groups excluding tert-OH is 1. The van der Waals surface area contributed by atoms with E-state index in [1.165, 1.54) is 17.3 Å². The molecule has 0 radical (unpaired) electrons. The van der Waals surface area contributed by atoms with Gasteiger partial charge in [-0.3, -0.25) is 4.68 Å². The van der Waals surface area contributed by atoms with E-state index in [9.17, 15) is 4.39 Å². The molecule has 0 saturated carbocycles. The van der Waals surface area contributed by atoms with Crippen LogP contribution in [0.4, 0.5) is 4.39 Å². The van der Waals surface area contributed by atoms with Crippen LogP contribution in [0.5, 0.6) is 0 Å². The molecule has 0 spiro atoms. The summed E-state index contributed by atoms with van der Waals surface area (Å²) < 4.78 is 13.0. The third kappa shape index (κ3) is 1.77. The molecule has 0 aliphatic carbocycles. The molecule has 0 aliphatic heterocycles. The first-order chi connectivity index (χ1) is 4.83. The zero-order valence-corrected chi connectivity index (χ0v) is 5.31. The summed E-state index contributed by atoms with van der Waals surface area (Å²) >= 11 is 0. The quantitative estimate of drug-likeness (QED) is 0.630. The molecule has 1 unspecified atom stereocenters. The summed E-state index contributed by atoms with van der Waals surface area (Å²) in [6.45, 7) is -0.587. The van der Waals surface area contributed by atoms with Crippen molar-refractivity contribution in [2.24, 2.45) is 0 Å². The van der Waals surface area contributed by atoms with Gasteiger partial charge in [0.05, 0.1) is 6.54 Å². The fraction of sp³-hybridized carbons (Fsp3) is 0.600. The second-order valence-corrected chi connectivity index (χ2v) is 1.93. The minimum Gasteiger partial charge on any atom is -0.388 e. The van der Waals surface area contributed by atoms with E-state index >= 15 is 0 Å². The molecule has 1 rings (SSSR count). The maximum absolute atomic E-state index is 11.7. The highest BCUT2D eigenvalue weighted by molar-refractivity contribution is 4.59. The number of hydrogen-bond acceptors (Lipinski definition) is 3. The Morgan fingerprint density at radius 3 is 3.00 bits per heavy atom. The predicted octanol–water partition coefficient (Wildman–Crippen LogP) is -0.391. The summed E-state index contributed by atoms with van der Waals surface area (Å²) in [5.41, 5.74) is 0. The molecule has 0 aliphatic rings. The van der Waals surface area contributed by atoms with E-state index in [-0.39, 0.29) is 6.54 Å². The second-order valence-electron chi connectivity index (χ2n) is 1.93. The summed E-state index contributed by atoms with van der Waals surface area (Å²) in [7, 11) is 0. The lowest BCUT2D eigenvalue weighted by molar-refractivity contribution is 0.118. The van der Waals surface area contributed by atoms with Gasteiger partial charge in [0.15, 0.2) is 0 Å². The Morgan fingerprint density at radius 1 is 1.70 bits per heavy atom. The van der Waals surface area contributed by atoms with E-state index in [0.29, 0.717) is 0 Å². The Labute approximate surface area is 57.3 Å². The highest BCUT2D eigenvalue weighted by atomic mass is 19.1. The van der Waals surface area contributed by atoms with Crippen molar-refractivity contribution in [1.29, 1.82) is 0 Å². The molecule has 1 N–H and O–H groups in total. The zero-order chi connectivity index (χ0) is 7.40. The number of aromatic nitrogens is 3. The van der Waals surface area contributed by atoms with E-state index in [0.717, 1.165) is 0 Å². The van der Waals surface area contributed by atoms with Crippen LogP contribution in [0, 0.1) is 0 Å². The fourth-order valence-corrected chi connectivity index (χ4v) is 0.592. The van der Waals surface area contributed by atoms with Gasteiger partial charge in [0.1, 0.15) is 25.4 Å². The van der Waals surface area contributed by atoms with Gasteiger partial charge in [0.25, 0.3) is 0 Å². The molecule has 1 heterocycles. The lowest BCUT2D eigenvalue weighted by Crippen LogP contribution is -2.17. The number of halogens is 1. The van der Waals surface area contributed by atoms with Gasteiger partial charge in [0, 0.05) is 0 Å². The maximum Gasteiger partial charge on any atom is 0.137 e. The molecule has 1 atom stereocenters. The van der Waals surface area contributed by atoms with Crippen LogP contribution in [0.15, 0.2) is 12.7 Å². The van der Waals surface area contributed by atoms with Crippen LogP contribution in [0.3, 0.4) is 0 Å². The van der Waals surface area contributed by atoms with Crippen LogP contribution < -0.4 is 0 Å². The van der Waals surface area contributed by atoms with E-state index in [4.69, 9.17) is 5.11 Å². The van der Waals surface area contributed by atoms with Crippen molar-refractivity contribution in [3.8, 4) is 0 Å². The molecular weight excluding hydrogens is 137 g/mol. The van der Waals surface area contributed by atoms with Gasteiger partial charge in [-0.05, 0) is 0 Å². The van der Waals surface area contributed by atoms with Crippen LogP contribution in [0.2, 0.25) is 0 Å². The molecule has 4 nitrogen and oxygen atoms in total. The van der Waals surface area contributed by atoms with Crippen molar-refractivity contribution >= 4 is 0 Å². The Morgan fingerprint density at radius 2 is 2.50 bits per heavy atom. The predicted molar refractivity (Wildman–Crippen MR) is 32.0 cm³/mol. The van der Waals surface area contributed by atoms with Crippen LogP contribution in [0.25, 0.3) is 0 Å². The molecule has 10 heavy (non-hydrogen) atoms. The summed E-state index contributed by atoms with van der Waals surface area (Å²) in [5.74, 6) is 0. The van der Waals surface area contributed by atoms with Gasteiger partial charge >= 0.3 is 0 Å². The monoisotopic (exact) mass is 145 g/mol. The Balaban J connectivity index is 2.40. The molecule has 56 valence electrons. The Kier molecular flexibility index (Phi) is 2.33. The van der Waals surface area contributed by atoms with E-state index in [2.05, 4.69) is 10.1 Å². The van der Waals surface area contributed by atoms with Crippen molar-refractivity contribution in [2.45, 2.75) is 12.6 Å². The molecule has 0 aromatic carbocycles. The number of rotatable bonds is 3. The van der Waals surface area contributed by atoms with Crippen molar-refractivity contribution in [1.82, 2.24) is 14.8 Å². The Hall–Kier alpha value is -0.970. The molecule has 0 amide bonds. The second kappa shape index (κ2) is 3.26. The zero-order valence-electron chi connectivity index (χ0n) is 5.31. The minimum absolute atomic E-state index is 0.163. The topological polar surface area (TPSA) is 50.9 Å². The van der Waals surface area contributed by atoms with Gasteiger partial charge in [-0.1, -0.05) is 0 Å². The molecule has 0 fully saturated rings. The molecule has 0 bridgehead atoms. The van der Waals surface area contributed by atoms with Gasteiger partial charge < -0.3 is 5.11 Å². The lowest BCUT2D eigenvalue weighted by atomic mass is 10.4. The van der Waals surface area contributed by atoms with Gasteiger partial charge in [-0.2, -0.15) is 5.10 Å². The highest BCUT2D eigenvalue weighted by Gasteiger charge is 2.02. The van der Waals surface area contributed by atoms with Gasteiger partial charge in [-0.15, -0.1) is 0 Å². The van der Waals surface area contributed by atoms with E-state index < -0.39 is 12.8 Å². The number of nitrogens with zero attached hydrogens (tertiary/aromatic N) is 3. The average molecular weight is 145 g/mol. The maximum atomic E-state index is 11.7. The van der Waals surface area contributed by atoms with Crippen LogP contribution in [-0.4, -0.2) is 32.6 Å². The number of aliphatic hydroxyl groups is 1. The molecule has 5 heteroatoms. The molecular formula is C5H8FN3O. The van der Waals surface area contributed by atoms with Gasteiger partial charge in [-0.25, -0.2) is 9.37 Å². The largest absolute Gasteiger partial charge is 0.388 e. The number of alkyl halides is 1. The smallest absolute Gasteiger partial charge is 0.137 e. The first-order valence-electron chi connectivity index (χ1n) is 2.89. The fourth-order valence-electron chi connectivity index (χ4n) is 0.592. The van der Waals surface area contributed by atoms with E-state index in [1.54, 1.807) is 0 Å². The minimum atomic E-state index is -0.971. The van der Waals surface area contributed by atoms with Crippen LogP contribution in [0.1, 0.15) is 0 Å². The first-order valence-corrected chi connectivity index (χ1v) is 2.89. The normalized spacial score (nSPS) is 13.4. The summed E-state index contributed by atoms with van der Waals surface area (Å²) in [4.78, 5) is 3.63. The Bertz CT molecular complexity index is 177. The first kappa shape index (κ1) is 7.14. The summed E-state index contributed by atoms with van der Waals surface area (Å²) in [5, 5.41) is 12.4. The standard InChI is InChI=1S/C5H8FN3O/c6-1-5(10)2-9-4-7-3-8-9/h3-5,10H,1-2H2. The van der Waals surface area contributed by atoms with Crippen LogP contribution >= 0.6 is 0 Å². The number of hydrogen-bond donors (Lipinski definition) is 1. The van der Waals surface area contributed by atoms with Crippen molar-refractivity contribution in [3.63, 3.8) is 0 Å². The molecule has 1 aromatic heterocycles. The summed E-state index contributed by atoms with van der Waals surface area (Å²) in [6, 6.07) is 0. The van der Waals surface area contributed by atoms with Crippen molar-refractivity contribution < 1.29 is 9.50 Å². The van der Waals surface area contributed by atoms with Crippen molar-refractivity contribution in [3.05, 3.63) is 12.7 Å². The van der Waals surface area contributed by atoms with Crippen molar-refractivity contribution in [2.75, 3.05) is 6.67 Å². The van der Waals surface area contributed by atoms with Gasteiger partial charge in [0.2, 0.25) is 0 Å². The molecule has 0 saturated heterocycles. The lowest BCUT2D eigenvalue weighted by Gasteiger charge is -2.03. The SMILES string of the molecule is OC(CF)Cn1cncn1. The third-order valence-electron chi connectivity index (χ3n) is 1.04. The van der Waals surface area contributed by atoms with Crippen LogP contribution in [-0.2, 0) is 6.54 Å². The average Bonchev–Trinajstić information content (AvgIpc) is 2.40. The summed E-state index contributed by atoms with van der Waals surface area (Å²) in [6.07, 6.45) is 1.80. The van der Waals surface area contributed by atoms with E-state index in [1.807, 2.05) is 0 Å².